The van der Waals surface area contributed by atoms with Crippen molar-refractivity contribution >= 4 is 15.9 Å². The third-order valence-corrected chi connectivity index (χ3v) is 3.83. The van der Waals surface area contributed by atoms with E-state index in [0.717, 1.165) is 5.33 Å². The summed E-state index contributed by atoms with van der Waals surface area (Å²) >= 11 is 3.39. The summed E-state index contributed by atoms with van der Waals surface area (Å²) in [6.45, 7) is 2.13. The normalized spacial score (nSPS) is 27.0. The summed E-state index contributed by atoms with van der Waals surface area (Å²) in [5.41, 5.74) is 0. The van der Waals surface area contributed by atoms with Gasteiger partial charge in [-0.1, -0.05) is 22.9 Å². The van der Waals surface area contributed by atoms with Crippen molar-refractivity contribution in [2.75, 3.05) is 5.33 Å². The van der Waals surface area contributed by atoms with Gasteiger partial charge in [-0.3, -0.25) is 0 Å². The van der Waals surface area contributed by atoms with Crippen molar-refractivity contribution in [3.63, 3.8) is 0 Å². The maximum Gasteiger partial charge on any atom is 0.248 e. The molecule has 1 aliphatic carbocycles. The third kappa shape index (κ3) is 2.68. The molecule has 12 heavy (non-hydrogen) atoms. The summed E-state index contributed by atoms with van der Waals surface area (Å²) < 4.78 is 25.5. The van der Waals surface area contributed by atoms with Gasteiger partial charge in [0.25, 0.3) is 0 Å². The maximum atomic E-state index is 12.7. The minimum absolute atomic E-state index is 0.0923. The van der Waals surface area contributed by atoms with Crippen molar-refractivity contribution in [3.8, 4) is 0 Å². The van der Waals surface area contributed by atoms with Crippen LogP contribution < -0.4 is 0 Å². The van der Waals surface area contributed by atoms with E-state index in [0.29, 0.717) is 24.7 Å². The molecular formula is C9H15BrF2. The molecule has 0 amide bonds. The Hall–Kier alpha value is 0.340. The van der Waals surface area contributed by atoms with E-state index in [1.54, 1.807) is 0 Å². The summed E-state index contributed by atoms with van der Waals surface area (Å²) in [4.78, 5) is 0. The zero-order valence-electron chi connectivity index (χ0n) is 7.32. The number of halogens is 3. The second-order valence-electron chi connectivity index (χ2n) is 3.82. The smallest absolute Gasteiger partial charge is 0.207 e. The molecule has 0 heterocycles. The molecule has 0 N–H and O–H groups in total. The molecule has 1 aliphatic rings. The van der Waals surface area contributed by atoms with Crippen LogP contribution >= 0.6 is 15.9 Å². The van der Waals surface area contributed by atoms with E-state index in [1.807, 2.05) is 0 Å². The van der Waals surface area contributed by atoms with Gasteiger partial charge >= 0.3 is 0 Å². The lowest BCUT2D eigenvalue weighted by atomic mass is 9.80. The monoisotopic (exact) mass is 240 g/mol. The molecule has 72 valence electrons. The SMILES string of the molecule is CC(CBr)C1CCC(F)(F)CC1. The van der Waals surface area contributed by atoms with E-state index >= 15 is 0 Å². The highest BCUT2D eigenvalue weighted by Gasteiger charge is 2.36. The minimum atomic E-state index is -2.37. The lowest BCUT2D eigenvalue weighted by Crippen LogP contribution is -2.28. The van der Waals surface area contributed by atoms with Gasteiger partial charge < -0.3 is 0 Å². The molecular weight excluding hydrogens is 226 g/mol. The van der Waals surface area contributed by atoms with Crippen LogP contribution in [0.2, 0.25) is 0 Å². The van der Waals surface area contributed by atoms with E-state index in [2.05, 4.69) is 22.9 Å². The topological polar surface area (TPSA) is 0 Å². The molecule has 1 saturated carbocycles. The molecule has 1 rings (SSSR count). The molecule has 3 heteroatoms. The summed E-state index contributed by atoms with van der Waals surface area (Å²) in [6.07, 6.45) is 1.57. The summed E-state index contributed by atoms with van der Waals surface area (Å²) in [5.74, 6) is -1.33. The Morgan fingerprint density at radius 3 is 2.33 bits per heavy atom. The van der Waals surface area contributed by atoms with Crippen molar-refractivity contribution in [2.24, 2.45) is 11.8 Å². The van der Waals surface area contributed by atoms with Crippen LogP contribution in [0.15, 0.2) is 0 Å². The molecule has 0 bridgehead atoms. The molecule has 1 unspecified atom stereocenters. The largest absolute Gasteiger partial charge is 0.248 e. The van der Waals surface area contributed by atoms with E-state index < -0.39 is 5.92 Å². The molecule has 0 nitrogen and oxygen atoms in total. The fourth-order valence-electron chi connectivity index (χ4n) is 1.76. The molecule has 1 atom stereocenters. The predicted octanol–water partition coefficient (Wildman–Crippen LogP) is 3.84. The molecule has 1 fully saturated rings. The quantitative estimate of drug-likeness (QED) is 0.644. The number of alkyl halides is 3. The van der Waals surface area contributed by atoms with Gasteiger partial charge in [0.2, 0.25) is 5.92 Å². The van der Waals surface area contributed by atoms with Crippen LogP contribution in [0, 0.1) is 11.8 Å². The second kappa shape index (κ2) is 4.03. The van der Waals surface area contributed by atoms with Crippen molar-refractivity contribution in [3.05, 3.63) is 0 Å². The number of hydrogen-bond donors (Lipinski definition) is 0. The van der Waals surface area contributed by atoms with Crippen LogP contribution in [-0.4, -0.2) is 11.3 Å². The Balaban J connectivity index is 2.36. The fourth-order valence-corrected chi connectivity index (χ4v) is 2.29. The summed E-state index contributed by atoms with van der Waals surface area (Å²) in [7, 11) is 0. The lowest BCUT2D eigenvalue weighted by Gasteiger charge is -2.31. The Kier molecular flexibility index (Phi) is 3.50. The van der Waals surface area contributed by atoms with Crippen molar-refractivity contribution in [1.82, 2.24) is 0 Å². The van der Waals surface area contributed by atoms with E-state index in [-0.39, 0.29) is 12.8 Å². The Bertz CT molecular complexity index is 137. The summed E-state index contributed by atoms with van der Waals surface area (Å²) in [5, 5.41) is 0.934. The van der Waals surface area contributed by atoms with Crippen molar-refractivity contribution in [1.29, 1.82) is 0 Å². The fraction of sp³-hybridized carbons (Fsp3) is 1.00. The van der Waals surface area contributed by atoms with Gasteiger partial charge in [-0.15, -0.1) is 0 Å². The predicted molar refractivity (Wildman–Crippen MR) is 49.9 cm³/mol. The Morgan fingerprint density at radius 2 is 1.92 bits per heavy atom. The highest BCUT2D eigenvalue weighted by Crippen LogP contribution is 2.39. The lowest BCUT2D eigenvalue weighted by molar-refractivity contribution is -0.0502. The van der Waals surface area contributed by atoms with Gasteiger partial charge in [-0.25, -0.2) is 8.78 Å². The molecule has 0 radical (unpaired) electrons. The van der Waals surface area contributed by atoms with Gasteiger partial charge in [-0.05, 0) is 24.7 Å². The third-order valence-electron chi connectivity index (χ3n) is 2.81. The highest BCUT2D eigenvalue weighted by molar-refractivity contribution is 9.09. The highest BCUT2D eigenvalue weighted by atomic mass is 79.9. The zero-order valence-corrected chi connectivity index (χ0v) is 8.91. The first-order chi connectivity index (χ1) is 5.55. The van der Waals surface area contributed by atoms with Crippen LogP contribution in [0.3, 0.4) is 0 Å². The van der Waals surface area contributed by atoms with Crippen LogP contribution in [-0.2, 0) is 0 Å². The van der Waals surface area contributed by atoms with Gasteiger partial charge in [0.15, 0.2) is 0 Å². The van der Waals surface area contributed by atoms with E-state index in [9.17, 15) is 8.78 Å². The standard InChI is InChI=1S/C9H15BrF2/c1-7(6-10)8-2-4-9(11,12)5-3-8/h7-8H,2-6H2,1H3. The Morgan fingerprint density at radius 1 is 1.42 bits per heavy atom. The second-order valence-corrected chi connectivity index (χ2v) is 4.47. The van der Waals surface area contributed by atoms with E-state index in [4.69, 9.17) is 0 Å². The van der Waals surface area contributed by atoms with Crippen LogP contribution in [0.4, 0.5) is 8.78 Å². The molecule has 0 saturated heterocycles. The average Bonchev–Trinajstić information content (AvgIpc) is 2.03. The molecule has 0 aromatic heterocycles. The number of rotatable bonds is 2. The van der Waals surface area contributed by atoms with Gasteiger partial charge in [0.05, 0.1) is 0 Å². The van der Waals surface area contributed by atoms with Crippen LogP contribution in [0.25, 0.3) is 0 Å². The number of hydrogen-bond acceptors (Lipinski definition) is 0. The van der Waals surface area contributed by atoms with Crippen LogP contribution in [0.1, 0.15) is 32.6 Å². The zero-order chi connectivity index (χ0) is 9.19. The van der Waals surface area contributed by atoms with Gasteiger partial charge in [0, 0.05) is 18.2 Å². The molecule has 0 aromatic carbocycles. The molecule has 0 spiro atoms. The van der Waals surface area contributed by atoms with E-state index in [1.165, 1.54) is 0 Å². The Labute approximate surface area is 80.9 Å². The first kappa shape index (κ1) is 10.4. The van der Waals surface area contributed by atoms with Crippen molar-refractivity contribution in [2.45, 2.75) is 38.5 Å². The molecule has 0 aliphatic heterocycles. The first-order valence-corrected chi connectivity index (χ1v) is 5.61. The van der Waals surface area contributed by atoms with Gasteiger partial charge in [-0.2, -0.15) is 0 Å². The first-order valence-electron chi connectivity index (χ1n) is 4.49. The van der Waals surface area contributed by atoms with Gasteiger partial charge in [0.1, 0.15) is 0 Å². The molecule has 0 aromatic rings. The maximum absolute atomic E-state index is 12.7. The van der Waals surface area contributed by atoms with Crippen molar-refractivity contribution < 1.29 is 8.78 Å². The summed E-state index contributed by atoms with van der Waals surface area (Å²) in [6, 6.07) is 0. The minimum Gasteiger partial charge on any atom is -0.207 e. The van der Waals surface area contributed by atoms with Crippen LogP contribution in [0.5, 0.6) is 0 Å². The average molecular weight is 241 g/mol.